The standard InChI is InChI=1S/C4F6NS2.AsF6/c5-3(6,7)1-2(4(8,9)10)13-11-12-1;2-1(3,4,5,6)7/q+1;-1. The predicted molar refractivity (Wildman–Crippen MR) is 46.8 cm³/mol. The van der Waals surface area contributed by atoms with Gasteiger partial charge in [-0.25, -0.2) is 0 Å². The van der Waals surface area contributed by atoms with Gasteiger partial charge >= 0.3 is 47.3 Å². The average molecular weight is 429 g/mol. The molecule has 16 heteroatoms. The minimum atomic E-state index is -11.1. The first-order valence-corrected chi connectivity index (χ1v) is 9.47. The number of alkyl halides is 6. The zero-order valence-electron chi connectivity index (χ0n) is 8.25. The van der Waals surface area contributed by atoms with E-state index >= 15 is 0 Å². The van der Waals surface area contributed by atoms with Crippen LogP contribution < -0.4 is 0 Å². The zero-order valence-corrected chi connectivity index (χ0v) is 11.8. The van der Waals surface area contributed by atoms with Gasteiger partial charge in [-0.15, -0.1) is 0 Å². The summed E-state index contributed by atoms with van der Waals surface area (Å²) < 4.78 is 134. The molecule has 0 spiro atoms. The van der Waals surface area contributed by atoms with E-state index in [4.69, 9.17) is 0 Å². The summed E-state index contributed by atoms with van der Waals surface area (Å²) in [4.78, 5) is -3.38. The molecule has 1 aromatic heterocycles. The second kappa shape index (κ2) is 4.60. The molecule has 0 aliphatic rings. The number of hydrogen-bond acceptors (Lipinski definition) is 2. The van der Waals surface area contributed by atoms with E-state index in [0.717, 1.165) is 0 Å². The Morgan fingerprint density at radius 2 is 1.15 bits per heavy atom. The quantitative estimate of drug-likeness (QED) is 0.295. The van der Waals surface area contributed by atoms with Crippen LogP contribution in [0.25, 0.3) is 0 Å². The SMILES string of the molecule is FC(F)(F)c1sn[s+]c1C(F)(F)F.F[As-](F)(F)(F)(F)F. The summed E-state index contributed by atoms with van der Waals surface area (Å²) in [5, 5.41) is 0. The minimum absolute atomic E-state index is 0.193. The van der Waals surface area contributed by atoms with Crippen LogP contribution in [-0.4, -0.2) is 17.9 Å². The first-order valence-electron chi connectivity index (χ1n) is 3.67. The normalized spacial score (nSPS) is 16.8. The van der Waals surface area contributed by atoms with Crippen LogP contribution in [0, 0.1) is 0 Å². The van der Waals surface area contributed by atoms with Gasteiger partial charge in [0.05, 0.1) is 3.76 Å². The van der Waals surface area contributed by atoms with Crippen molar-refractivity contribution in [1.82, 2.24) is 3.76 Å². The molecular weight excluding hydrogens is 429 g/mol. The van der Waals surface area contributed by atoms with Crippen molar-refractivity contribution in [2.75, 3.05) is 0 Å². The fourth-order valence-electron chi connectivity index (χ4n) is 0.537. The van der Waals surface area contributed by atoms with E-state index in [0.29, 0.717) is 0 Å². The van der Waals surface area contributed by atoms with Crippen molar-refractivity contribution in [2.24, 2.45) is 0 Å². The molecule has 0 radical (unpaired) electrons. The summed E-state index contributed by atoms with van der Waals surface area (Å²) in [6.07, 6.45) is -9.97. The molecule has 0 aromatic carbocycles. The monoisotopic (exact) mass is 429 g/mol. The molecule has 0 bridgehead atoms. The van der Waals surface area contributed by atoms with E-state index in [1.807, 2.05) is 0 Å². The van der Waals surface area contributed by atoms with Crippen molar-refractivity contribution in [1.29, 1.82) is 0 Å². The van der Waals surface area contributed by atoms with E-state index in [1.54, 1.807) is 0 Å². The third-order valence-electron chi connectivity index (χ3n) is 0.978. The maximum atomic E-state index is 11.9. The maximum absolute atomic E-state index is 11.9. The average Bonchev–Trinajstić information content (AvgIpc) is 2.39. The second-order valence-corrected chi connectivity index (χ2v) is 8.67. The molecule has 1 aromatic rings. The summed E-state index contributed by atoms with van der Waals surface area (Å²) in [6, 6.07) is 0. The van der Waals surface area contributed by atoms with Crippen LogP contribution in [0.3, 0.4) is 0 Å². The van der Waals surface area contributed by atoms with Crippen LogP contribution in [0.5, 0.6) is 0 Å². The Morgan fingerprint density at radius 3 is 1.35 bits per heavy atom. The second-order valence-electron chi connectivity index (χ2n) is 2.87. The van der Waals surface area contributed by atoms with Gasteiger partial charge in [0.1, 0.15) is 0 Å². The fourth-order valence-corrected chi connectivity index (χ4v) is 2.11. The molecule has 0 aliphatic carbocycles. The van der Waals surface area contributed by atoms with Crippen molar-refractivity contribution in [3.63, 3.8) is 0 Å². The van der Waals surface area contributed by atoms with Gasteiger partial charge in [-0.1, -0.05) is 0 Å². The molecule has 0 atom stereocenters. The molecule has 0 saturated carbocycles. The van der Waals surface area contributed by atoms with E-state index in [1.165, 1.54) is 0 Å². The molecule has 0 unspecified atom stereocenters. The summed E-state index contributed by atoms with van der Waals surface area (Å²) in [7, 11) is 0. The Kier molecular flexibility index (Phi) is 4.53. The molecule has 0 saturated heterocycles. The first-order chi connectivity index (χ1) is 8.18. The molecule has 1 heterocycles. The topological polar surface area (TPSA) is 12.9 Å². The number of nitrogens with zero attached hydrogens (tertiary/aromatic N) is 1. The first kappa shape index (κ1) is 19.7. The van der Waals surface area contributed by atoms with Crippen LogP contribution in [-0.2, 0) is 12.4 Å². The van der Waals surface area contributed by atoms with Crippen LogP contribution in [0.4, 0.5) is 47.1 Å². The van der Waals surface area contributed by atoms with Crippen LogP contribution in [0.15, 0.2) is 0 Å². The van der Waals surface area contributed by atoms with Crippen LogP contribution >= 0.6 is 23.1 Å². The number of rotatable bonds is 0. The molecule has 122 valence electrons. The Bertz CT molecular complexity index is 423. The van der Waals surface area contributed by atoms with E-state index in [9.17, 15) is 47.1 Å². The molecule has 0 amide bonds. The predicted octanol–water partition coefficient (Wildman–Crippen LogP) is 5.66. The van der Waals surface area contributed by atoms with Crippen molar-refractivity contribution in [3.05, 3.63) is 9.75 Å². The molecule has 20 heavy (non-hydrogen) atoms. The van der Waals surface area contributed by atoms with Crippen molar-refractivity contribution < 1.29 is 47.1 Å². The Morgan fingerprint density at radius 1 is 0.800 bits per heavy atom. The van der Waals surface area contributed by atoms with E-state index in [-0.39, 0.29) is 23.1 Å². The van der Waals surface area contributed by atoms with Crippen molar-refractivity contribution >= 4 is 37.2 Å². The molecule has 0 N–H and O–H groups in total. The Hall–Kier alpha value is -0.302. The van der Waals surface area contributed by atoms with E-state index in [2.05, 4.69) is 3.76 Å². The van der Waals surface area contributed by atoms with Gasteiger partial charge in [-0.3, -0.25) is 0 Å². The molecule has 0 aliphatic heterocycles. The van der Waals surface area contributed by atoms with Gasteiger partial charge in [-0.05, 0) is 0 Å². The molecule has 1 rings (SSSR count). The van der Waals surface area contributed by atoms with E-state index < -0.39 is 36.3 Å². The fraction of sp³-hybridized carbons (Fsp3) is 0.500. The number of hydrogen-bond donors (Lipinski definition) is 0. The molecule has 1 nitrogen and oxygen atoms in total. The van der Waals surface area contributed by atoms with Gasteiger partial charge in [0.25, 0.3) is 9.75 Å². The summed E-state index contributed by atoms with van der Waals surface area (Å²) in [6.45, 7) is 0. The third kappa shape index (κ3) is 10.5. The van der Waals surface area contributed by atoms with Gasteiger partial charge in [0, 0.05) is 0 Å². The summed E-state index contributed by atoms with van der Waals surface area (Å²) >= 11 is -11.4. The number of aromatic nitrogens is 1. The van der Waals surface area contributed by atoms with Crippen molar-refractivity contribution in [3.8, 4) is 0 Å². The number of halogens is 12. The van der Waals surface area contributed by atoms with Gasteiger partial charge in [0.2, 0.25) is 23.1 Å². The van der Waals surface area contributed by atoms with Gasteiger partial charge in [-0.2, -0.15) is 26.3 Å². The van der Waals surface area contributed by atoms with Crippen LogP contribution in [0.1, 0.15) is 9.75 Å². The van der Waals surface area contributed by atoms with Gasteiger partial charge in [0.15, 0.2) is 0 Å². The Labute approximate surface area is 111 Å². The van der Waals surface area contributed by atoms with Crippen molar-refractivity contribution in [2.45, 2.75) is 12.4 Å². The van der Waals surface area contributed by atoms with Crippen LogP contribution in [0.2, 0.25) is 0 Å². The summed E-state index contributed by atoms with van der Waals surface area (Å²) in [5.41, 5.74) is 0. The zero-order chi connectivity index (χ0) is 16.7. The molecular formula is C4AsF12NS2. The third-order valence-corrected chi connectivity index (χ3v) is 2.94. The van der Waals surface area contributed by atoms with Gasteiger partial charge < -0.3 is 0 Å². The Balaban J connectivity index is 0.000000441. The molecule has 0 fully saturated rings. The summed E-state index contributed by atoms with van der Waals surface area (Å²) in [5.74, 6) is 0.